The molecule has 0 saturated carbocycles. The van der Waals surface area contributed by atoms with Gasteiger partial charge in [0.05, 0.1) is 0 Å². The van der Waals surface area contributed by atoms with E-state index in [0.717, 1.165) is 17.7 Å². The SMILES string of the molecule is Cc1cc(C(=O)N2C(C)CCCC2C)ns1. The highest BCUT2D eigenvalue weighted by molar-refractivity contribution is 7.05. The van der Waals surface area contributed by atoms with E-state index in [1.807, 2.05) is 17.9 Å². The fourth-order valence-electron chi connectivity index (χ4n) is 2.42. The lowest BCUT2D eigenvalue weighted by Crippen LogP contribution is -2.47. The van der Waals surface area contributed by atoms with Gasteiger partial charge in [-0.15, -0.1) is 0 Å². The minimum Gasteiger partial charge on any atom is -0.332 e. The zero-order chi connectivity index (χ0) is 11.7. The number of aromatic nitrogens is 1. The lowest BCUT2D eigenvalue weighted by molar-refractivity contribution is 0.0506. The second kappa shape index (κ2) is 4.53. The van der Waals surface area contributed by atoms with Gasteiger partial charge in [-0.25, -0.2) is 0 Å². The third-order valence-corrected chi connectivity index (χ3v) is 3.97. The van der Waals surface area contributed by atoms with Gasteiger partial charge in [0.1, 0.15) is 5.69 Å². The summed E-state index contributed by atoms with van der Waals surface area (Å²) >= 11 is 1.40. The minimum atomic E-state index is 0.101. The lowest BCUT2D eigenvalue weighted by Gasteiger charge is -2.38. The van der Waals surface area contributed by atoms with Crippen molar-refractivity contribution in [3.63, 3.8) is 0 Å². The van der Waals surface area contributed by atoms with Gasteiger partial charge >= 0.3 is 0 Å². The summed E-state index contributed by atoms with van der Waals surface area (Å²) in [5.41, 5.74) is 0.614. The normalized spacial score (nSPS) is 25.8. The summed E-state index contributed by atoms with van der Waals surface area (Å²) < 4.78 is 4.21. The Morgan fingerprint density at radius 3 is 2.56 bits per heavy atom. The van der Waals surface area contributed by atoms with Crippen LogP contribution in [0.15, 0.2) is 6.07 Å². The molecule has 1 aromatic heterocycles. The number of hydrogen-bond donors (Lipinski definition) is 0. The summed E-state index contributed by atoms with van der Waals surface area (Å²) in [4.78, 5) is 15.4. The van der Waals surface area contributed by atoms with Crippen molar-refractivity contribution in [2.75, 3.05) is 0 Å². The molecule has 0 aromatic carbocycles. The van der Waals surface area contributed by atoms with E-state index in [4.69, 9.17) is 0 Å². The number of aryl methyl sites for hydroxylation is 1. The van der Waals surface area contributed by atoms with Crippen molar-refractivity contribution < 1.29 is 4.79 Å². The van der Waals surface area contributed by atoms with E-state index in [1.54, 1.807) is 0 Å². The number of rotatable bonds is 1. The third kappa shape index (κ3) is 2.12. The molecule has 0 aliphatic carbocycles. The summed E-state index contributed by atoms with van der Waals surface area (Å²) in [5.74, 6) is 0.101. The van der Waals surface area contributed by atoms with Gasteiger partial charge < -0.3 is 4.90 Å². The van der Waals surface area contributed by atoms with Crippen molar-refractivity contribution in [1.29, 1.82) is 0 Å². The quantitative estimate of drug-likeness (QED) is 0.753. The van der Waals surface area contributed by atoms with Crippen LogP contribution >= 0.6 is 11.5 Å². The van der Waals surface area contributed by atoms with Crippen molar-refractivity contribution in [2.24, 2.45) is 0 Å². The number of amides is 1. The number of hydrogen-bond acceptors (Lipinski definition) is 3. The maximum absolute atomic E-state index is 12.3. The van der Waals surface area contributed by atoms with Crippen LogP contribution in [0.1, 0.15) is 48.5 Å². The smallest absolute Gasteiger partial charge is 0.274 e. The first kappa shape index (κ1) is 11.6. The Bertz CT molecular complexity index is 378. The number of carbonyl (C=O) groups is 1. The van der Waals surface area contributed by atoms with E-state index in [-0.39, 0.29) is 5.91 Å². The Balaban J connectivity index is 2.19. The van der Waals surface area contributed by atoms with Gasteiger partial charge in [-0.2, -0.15) is 4.37 Å². The monoisotopic (exact) mass is 238 g/mol. The Morgan fingerprint density at radius 2 is 2.06 bits per heavy atom. The fourth-order valence-corrected chi connectivity index (χ4v) is 2.96. The summed E-state index contributed by atoms with van der Waals surface area (Å²) in [6, 6.07) is 2.58. The molecule has 4 heteroatoms. The molecular weight excluding hydrogens is 220 g/mol. The fraction of sp³-hybridized carbons (Fsp3) is 0.667. The Hall–Kier alpha value is -0.900. The van der Waals surface area contributed by atoms with Crippen LogP contribution in [0.25, 0.3) is 0 Å². The van der Waals surface area contributed by atoms with Crippen molar-refractivity contribution in [3.05, 3.63) is 16.6 Å². The Kier molecular flexibility index (Phi) is 3.28. The van der Waals surface area contributed by atoms with E-state index in [0.29, 0.717) is 17.8 Å². The van der Waals surface area contributed by atoms with Crippen LogP contribution in [0.4, 0.5) is 0 Å². The molecule has 3 nitrogen and oxygen atoms in total. The number of piperidine rings is 1. The zero-order valence-electron chi connectivity index (χ0n) is 10.1. The molecular formula is C12H18N2OS. The van der Waals surface area contributed by atoms with Crippen molar-refractivity contribution in [2.45, 2.75) is 52.1 Å². The van der Waals surface area contributed by atoms with Crippen molar-refractivity contribution >= 4 is 17.4 Å². The largest absolute Gasteiger partial charge is 0.332 e. The zero-order valence-corrected chi connectivity index (χ0v) is 10.9. The first-order valence-electron chi connectivity index (χ1n) is 5.85. The molecule has 2 atom stereocenters. The maximum atomic E-state index is 12.3. The molecule has 2 heterocycles. The van der Waals surface area contributed by atoms with Gasteiger partial charge in [-0.3, -0.25) is 4.79 Å². The number of likely N-dealkylation sites (tertiary alicyclic amines) is 1. The molecule has 1 saturated heterocycles. The topological polar surface area (TPSA) is 33.2 Å². The second-order valence-corrected chi connectivity index (χ2v) is 5.67. The highest BCUT2D eigenvalue weighted by Gasteiger charge is 2.30. The molecule has 0 N–H and O–H groups in total. The summed E-state index contributed by atoms with van der Waals surface area (Å²) in [7, 11) is 0. The van der Waals surface area contributed by atoms with Crippen LogP contribution in [0.5, 0.6) is 0 Å². The van der Waals surface area contributed by atoms with E-state index in [9.17, 15) is 4.79 Å². The van der Waals surface area contributed by atoms with E-state index in [2.05, 4.69) is 18.2 Å². The first-order chi connectivity index (χ1) is 7.59. The molecule has 88 valence electrons. The van der Waals surface area contributed by atoms with Crippen LogP contribution in [0.2, 0.25) is 0 Å². The average Bonchev–Trinajstić information content (AvgIpc) is 2.64. The van der Waals surface area contributed by atoms with Gasteiger partial charge in [0, 0.05) is 17.0 Å². The van der Waals surface area contributed by atoms with Gasteiger partial charge in [-0.1, -0.05) is 0 Å². The average molecular weight is 238 g/mol. The summed E-state index contributed by atoms with van der Waals surface area (Å²) in [6.45, 7) is 6.25. The van der Waals surface area contributed by atoms with Crippen LogP contribution in [-0.4, -0.2) is 27.3 Å². The van der Waals surface area contributed by atoms with Crippen molar-refractivity contribution in [1.82, 2.24) is 9.27 Å². The minimum absolute atomic E-state index is 0.101. The second-order valence-electron chi connectivity index (χ2n) is 4.66. The molecule has 16 heavy (non-hydrogen) atoms. The Morgan fingerprint density at radius 1 is 1.44 bits per heavy atom. The number of nitrogens with zero attached hydrogens (tertiary/aromatic N) is 2. The Labute approximate surface area is 101 Å². The highest BCUT2D eigenvalue weighted by Crippen LogP contribution is 2.24. The third-order valence-electron chi connectivity index (χ3n) is 3.28. The highest BCUT2D eigenvalue weighted by atomic mass is 32.1. The van der Waals surface area contributed by atoms with E-state index >= 15 is 0 Å². The standard InChI is InChI=1S/C12H18N2OS/c1-8-5-4-6-9(2)14(8)12(15)11-7-10(3)16-13-11/h7-9H,4-6H2,1-3H3. The van der Waals surface area contributed by atoms with Gasteiger partial charge in [0.15, 0.2) is 0 Å². The number of carbonyl (C=O) groups excluding carboxylic acids is 1. The first-order valence-corrected chi connectivity index (χ1v) is 6.63. The lowest BCUT2D eigenvalue weighted by atomic mass is 9.97. The van der Waals surface area contributed by atoms with Gasteiger partial charge in [0.25, 0.3) is 5.91 Å². The molecule has 2 unspecified atom stereocenters. The van der Waals surface area contributed by atoms with Crippen molar-refractivity contribution in [3.8, 4) is 0 Å². The maximum Gasteiger partial charge on any atom is 0.274 e. The predicted molar refractivity (Wildman–Crippen MR) is 65.8 cm³/mol. The molecule has 0 spiro atoms. The predicted octanol–water partition coefficient (Wildman–Crippen LogP) is 2.85. The molecule has 0 bridgehead atoms. The molecule has 2 rings (SSSR count). The van der Waals surface area contributed by atoms with Gasteiger partial charge in [0.2, 0.25) is 0 Å². The van der Waals surface area contributed by atoms with Crippen LogP contribution in [0.3, 0.4) is 0 Å². The van der Waals surface area contributed by atoms with Crippen LogP contribution in [0, 0.1) is 6.92 Å². The van der Waals surface area contributed by atoms with Gasteiger partial charge in [-0.05, 0) is 57.6 Å². The summed E-state index contributed by atoms with van der Waals surface area (Å²) in [6.07, 6.45) is 3.45. The molecule has 1 aliphatic rings. The molecule has 1 aromatic rings. The summed E-state index contributed by atoms with van der Waals surface area (Å²) in [5, 5.41) is 0. The van der Waals surface area contributed by atoms with Crippen LogP contribution in [-0.2, 0) is 0 Å². The molecule has 1 aliphatic heterocycles. The molecule has 0 radical (unpaired) electrons. The van der Waals surface area contributed by atoms with E-state index < -0.39 is 0 Å². The molecule has 1 fully saturated rings. The van der Waals surface area contributed by atoms with E-state index in [1.165, 1.54) is 18.0 Å². The van der Waals surface area contributed by atoms with Crippen LogP contribution < -0.4 is 0 Å². The molecule has 1 amide bonds.